The SMILES string of the molecule is CCN(CC)c1ccc(N2CC=C[C@]34O[C@@H]5/C=C\CCC(=O)N[C@H](C)[C@@H](c6ccccc6)OC(=O)[C@@H]5[C@H]3C(=O)N([C@H](CO)c3ccccc3)[C@@H]4C2=O)cc1. The number of hydrogen-bond acceptors (Lipinski definition) is 8. The first-order valence-electron chi connectivity index (χ1n) is 18.9. The van der Waals surface area contributed by atoms with Crippen LogP contribution in [0.5, 0.6) is 0 Å². The fourth-order valence-electron chi connectivity index (χ4n) is 8.67. The number of allylic oxidation sites excluding steroid dienone is 1. The number of carbonyl (C=O) groups is 4. The van der Waals surface area contributed by atoms with Gasteiger partial charge in [0.1, 0.15) is 23.7 Å². The number of benzene rings is 3. The van der Waals surface area contributed by atoms with Crippen molar-refractivity contribution in [2.24, 2.45) is 11.8 Å². The summed E-state index contributed by atoms with van der Waals surface area (Å²) >= 11 is 0. The van der Waals surface area contributed by atoms with Crippen molar-refractivity contribution in [3.05, 3.63) is 120 Å². The van der Waals surface area contributed by atoms with E-state index in [0.717, 1.165) is 18.8 Å². The molecule has 2 saturated heterocycles. The molecule has 8 atom stereocenters. The van der Waals surface area contributed by atoms with Crippen LogP contribution in [0.3, 0.4) is 0 Å². The van der Waals surface area contributed by atoms with Gasteiger partial charge in [-0.2, -0.15) is 0 Å². The number of likely N-dealkylation sites (tertiary alicyclic amines) is 1. The smallest absolute Gasteiger partial charge is 0.313 e. The van der Waals surface area contributed by atoms with Crippen LogP contribution in [0.4, 0.5) is 11.4 Å². The van der Waals surface area contributed by atoms with Gasteiger partial charge in [0.05, 0.1) is 30.7 Å². The van der Waals surface area contributed by atoms with Gasteiger partial charge in [-0.3, -0.25) is 19.2 Å². The molecule has 0 aliphatic carbocycles. The number of fused-ring (bicyclic) bond motifs is 2. The van der Waals surface area contributed by atoms with Gasteiger partial charge in [0.2, 0.25) is 11.8 Å². The Hall–Kier alpha value is -5.26. The summed E-state index contributed by atoms with van der Waals surface area (Å²) in [6.45, 7) is 7.37. The number of nitrogens with zero attached hydrogens (tertiary/aromatic N) is 3. The summed E-state index contributed by atoms with van der Waals surface area (Å²) in [5.74, 6) is -4.03. The maximum Gasteiger partial charge on any atom is 0.313 e. The summed E-state index contributed by atoms with van der Waals surface area (Å²) in [5.41, 5.74) is 1.43. The fraction of sp³-hybridized carbons (Fsp3) is 0.395. The number of anilines is 2. The lowest BCUT2D eigenvalue weighted by atomic mass is 9.77. The average Bonchev–Trinajstić information content (AvgIpc) is 3.58. The fourth-order valence-corrected chi connectivity index (χ4v) is 8.67. The molecule has 3 aromatic carbocycles. The minimum atomic E-state index is -1.58. The van der Waals surface area contributed by atoms with Gasteiger partial charge in [-0.15, -0.1) is 0 Å². The molecule has 0 radical (unpaired) electrons. The number of aliphatic hydroxyl groups excluding tert-OH is 1. The molecule has 0 bridgehead atoms. The van der Waals surface area contributed by atoms with Crippen LogP contribution >= 0.6 is 0 Å². The third-order valence-electron chi connectivity index (χ3n) is 11.3. The van der Waals surface area contributed by atoms with Gasteiger partial charge in [0, 0.05) is 37.4 Å². The topological polar surface area (TPSA) is 129 Å². The lowest BCUT2D eigenvalue weighted by molar-refractivity contribution is -0.161. The molecule has 2 fully saturated rings. The molecule has 54 heavy (non-hydrogen) atoms. The van der Waals surface area contributed by atoms with Gasteiger partial charge in [0.25, 0.3) is 5.91 Å². The highest BCUT2D eigenvalue weighted by Crippen LogP contribution is 2.55. The van der Waals surface area contributed by atoms with E-state index in [1.807, 2.05) is 91.0 Å². The Morgan fingerprint density at radius 3 is 2.26 bits per heavy atom. The zero-order valence-corrected chi connectivity index (χ0v) is 30.9. The highest BCUT2D eigenvalue weighted by molar-refractivity contribution is 6.05. The second-order valence-electron chi connectivity index (χ2n) is 14.3. The molecule has 3 aromatic rings. The molecule has 4 aliphatic heterocycles. The third-order valence-corrected chi connectivity index (χ3v) is 11.3. The van der Waals surface area contributed by atoms with Gasteiger partial charge >= 0.3 is 5.97 Å². The highest BCUT2D eigenvalue weighted by atomic mass is 16.6. The minimum absolute atomic E-state index is 0.187. The van der Waals surface area contributed by atoms with Crippen molar-refractivity contribution in [3.63, 3.8) is 0 Å². The van der Waals surface area contributed by atoms with Gasteiger partial charge < -0.3 is 34.6 Å². The number of aliphatic hydroxyl groups is 1. The Morgan fingerprint density at radius 1 is 0.907 bits per heavy atom. The predicted octanol–water partition coefficient (Wildman–Crippen LogP) is 4.89. The Bertz CT molecular complexity index is 1900. The van der Waals surface area contributed by atoms with E-state index in [2.05, 4.69) is 24.1 Å². The highest BCUT2D eigenvalue weighted by Gasteiger charge is 2.72. The predicted molar refractivity (Wildman–Crippen MR) is 204 cm³/mol. The Kier molecular flexibility index (Phi) is 10.7. The molecule has 2 N–H and O–H groups in total. The Morgan fingerprint density at radius 2 is 1.59 bits per heavy atom. The van der Waals surface area contributed by atoms with Gasteiger partial charge in [-0.1, -0.05) is 85.0 Å². The number of amides is 3. The number of hydrogen-bond donors (Lipinski definition) is 2. The van der Waals surface area contributed by atoms with Gasteiger partial charge in [0.15, 0.2) is 0 Å². The number of cyclic esters (lactones) is 1. The van der Waals surface area contributed by atoms with Gasteiger partial charge in [-0.05, 0) is 62.6 Å². The third kappa shape index (κ3) is 6.60. The van der Waals surface area contributed by atoms with Crippen molar-refractivity contribution in [2.75, 3.05) is 36.0 Å². The van der Waals surface area contributed by atoms with Gasteiger partial charge in [-0.25, -0.2) is 0 Å². The number of ether oxygens (including phenoxy) is 2. The molecule has 0 saturated carbocycles. The molecule has 11 nitrogen and oxygen atoms in total. The molecule has 4 aliphatic rings. The van der Waals surface area contributed by atoms with Crippen LogP contribution in [0, 0.1) is 11.8 Å². The zero-order valence-electron chi connectivity index (χ0n) is 30.9. The van der Waals surface area contributed by atoms with E-state index in [4.69, 9.17) is 9.47 Å². The quantitative estimate of drug-likeness (QED) is 0.248. The number of rotatable bonds is 8. The minimum Gasteiger partial charge on any atom is -0.455 e. The van der Waals surface area contributed by atoms with Crippen molar-refractivity contribution >= 4 is 35.1 Å². The first kappa shape index (κ1) is 37.1. The first-order valence-corrected chi connectivity index (χ1v) is 18.9. The molecule has 11 heteroatoms. The summed E-state index contributed by atoms with van der Waals surface area (Å²) in [6, 6.07) is 23.3. The summed E-state index contributed by atoms with van der Waals surface area (Å²) in [5, 5.41) is 13.9. The van der Waals surface area contributed by atoms with Crippen LogP contribution < -0.4 is 15.1 Å². The summed E-state index contributed by atoms with van der Waals surface area (Å²) in [6.07, 6.45) is 5.89. The van der Waals surface area contributed by atoms with Crippen molar-refractivity contribution in [3.8, 4) is 0 Å². The first-order chi connectivity index (χ1) is 26.2. The van der Waals surface area contributed by atoms with Crippen molar-refractivity contribution in [2.45, 2.75) is 69.5 Å². The van der Waals surface area contributed by atoms with E-state index >= 15 is 9.59 Å². The van der Waals surface area contributed by atoms with E-state index in [1.54, 1.807) is 30.1 Å². The molecular weight excluding hydrogens is 684 g/mol. The summed E-state index contributed by atoms with van der Waals surface area (Å²) in [4.78, 5) is 63.2. The molecule has 3 amide bonds. The molecule has 282 valence electrons. The van der Waals surface area contributed by atoms with E-state index in [0.29, 0.717) is 23.2 Å². The van der Waals surface area contributed by atoms with Crippen molar-refractivity contribution < 1.29 is 33.8 Å². The molecule has 1 spiro atoms. The summed E-state index contributed by atoms with van der Waals surface area (Å²) in [7, 11) is 0. The van der Waals surface area contributed by atoms with E-state index in [-0.39, 0.29) is 24.8 Å². The van der Waals surface area contributed by atoms with Crippen LogP contribution in [-0.2, 0) is 28.7 Å². The maximum absolute atomic E-state index is 15.2. The van der Waals surface area contributed by atoms with Crippen LogP contribution in [0.1, 0.15) is 56.9 Å². The van der Waals surface area contributed by atoms with Crippen LogP contribution in [0.25, 0.3) is 0 Å². The second-order valence-corrected chi connectivity index (χ2v) is 14.3. The van der Waals surface area contributed by atoms with Crippen LogP contribution in [-0.4, -0.2) is 83.7 Å². The maximum atomic E-state index is 15.2. The van der Waals surface area contributed by atoms with E-state index in [1.165, 1.54) is 4.90 Å². The molecule has 0 aromatic heterocycles. The van der Waals surface area contributed by atoms with Crippen molar-refractivity contribution in [1.82, 2.24) is 10.2 Å². The van der Waals surface area contributed by atoms with Crippen LogP contribution in [0.15, 0.2) is 109 Å². The number of esters is 1. The monoisotopic (exact) mass is 732 g/mol. The standard InChI is InChI=1S/C43H48N4O7/c1-4-45(5-2)31-21-23-32(24-22-31)46-26-14-25-43-37(40(50)47(39(43)41(46)51)33(27-48)29-15-8-6-9-16-29)36-34(54-43)19-12-13-20-35(49)44-28(3)38(53-42(36)52)30-17-10-7-11-18-30/h6-12,14-19,21-25,28,33-34,36-39,48H,4-5,13,20,26-27H2,1-3H3,(H,44,49)/b19-12-/t28-,33-,34-,36+,37+,38+,39-,43+/m1/s1. The average molecular weight is 733 g/mol. The second kappa shape index (κ2) is 15.6. The molecular formula is C43H48N4O7. The van der Waals surface area contributed by atoms with E-state index < -0.39 is 66.3 Å². The number of carbonyl (C=O) groups excluding carboxylic acids is 4. The summed E-state index contributed by atoms with van der Waals surface area (Å²) < 4.78 is 13.2. The largest absolute Gasteiger partial charge is 0.455 e. The van der Waals surface area contributed by atoms with E-state index in [9.17, 15) is 14.7 Å². The normalized spacial score (nSPS) is 29.5. The lowest BCUT2D eigenvalue weighted by Gasteiger charge is -2.38. The lowest BCUT2D eigenvalue weighted by Crippen LogP contribution is -2.56. The molecule has 7 rings (SSSR count). The van der Waals surface area contributed by atoms with Crippen molar-refractivity contribution in [1.29, 1.82) is 0 Å². The number of nitrogens with one attached hydrogen (secondary N) is 1. The Labute approximate surface area is 316 Å². The van der Waals surface area contributed by atoms with Crippen LogP contribution in [0.2, 0.25) is 0 Å². The molecule has 0 unspecified atom stereocenters. The Balaban J connectivity index is 1.34. The molecule has 4 heterocycles. The zero-order chi connectivity index (χ0) is 38.0.